The molecule has 0 radical (unpaired) electrons. The molecule has 0 aliphatic carbocycles. The minimum absolute atomic E-state index is 0.129. The SMILES string of the molecule is CC(C)CCC(C)N(C(=O)C(CO)NC(=O)OC(C)(C)C)C(C(=O)NC(C)C)c1ccccc1. The Bertz CT molecular complexity index is 789. The third-order valence-corrected chi connectivity index (χ3v) is 5.14. The van der Waals surface area contributed by atoms with Crippen molar-refractivity contribution in [3.8, 4) is 0 Å². The molecule has 0 saturated carbocycles. The van der Waals surface area contributed by atoms with Crippen LogP contribution in [0.2, 0.25) is 0 Å². The van der Waals surface area contributed by atoms with Crippen LogP contribution in [0.4, 0.5) is 4.79 Å². The van der Waals surface area contributed by atoms with Crippen LogP contribution >= 0.6 is 0 Å². The molecule has 0 saturated heterocycles. The number of alkyl carbamates (subject to hydrolysis) is 1. The van der Waals surface area contributed by atoms with Gasteiger partial charge in [-0.1, -0.05) is 44.2 Å². The number of ether oxygens (including phenoxy) is 1. The summed E-state index contributed by atoms with van der Waals surface area (Å²) in [5.74, 6) is -0.454. The Kier molecular flexibility index (Phi) is 11.5. The molecule has 1 aromatic rings. The summed E-state index contributed by atoms with van der Waals surface area (Å²) in [5.41, 5.74) is -0.111. The zero-order valence-electron chi connectivity index (χ0n) is 21.9. The Labute approximate surface area is 204 Å². The van der Waals surface area contributed by atoms with Crippen LogP contribution in [0.15, 0.2) is 30.3 Å². The van der Waals surface area contributed by atoms with Gasteiger partial charge in [-0.2, -0.15) is 0 Å². The first-order valence-electron chi connectivity index (χ1n) is 12.0. The van der Waals surface area contributed by atoms with Crippen molar-refractivity contribution in [3.05, 3.63) is 35.9 Å². The van der Waals surface area contributed by atoms with Gasteiger partial charge in [-0.05, 0) is 65.9 Å². The van der Waals surface area contributed by atoms with E-state index >= 15 is 0 Å². The monoisotopic (exact) mass is 477 g/mol. The van der Waals surface area contributed by atoms with Crippen molar-refractivity contribution in [3.63, 3.8) is 0 Å². The number of hydrogen-bond acceptors (Lipinski definition) is 5. The topological polar surface area (TPSA) is 108 Å². The summed E-state index contributed by atoms with van der Waals surface area (Å²) in [6, 6.07) is 6.44. The lowest BCUT2D eigenvalue weighted by Gasteiger charge is -2.38. The van der Waals surface area contributed by atoms with E-state index in [9.17, 15) is 19.5 Å². The standard InChI is InChI=1S/C26H43N3O5/c1-17(2)14-15-19(5)29(24(32)21(16-30)28-25(33)34-26(6,7)8)22(23(31)27-18(3)4)20-12-10-9-11-13-20/h9-13,17-19,21-22,30H,14-16H2,1-8H3,(H,27,31)(H,28,33). The maximum atomic E-state index is 13.8. The third kappa shape index (κ3) is 9.71. The van der Waals surface area contributed by atoms with Crippen LogP contribution in [0, 0.1) is 5.92 Å². The number of aliphatic hydroxyl groups excluding tert-OH is 1. The summed E-state index contributed by atoms with van der Waals surface area (Å²) in [5, 5.41) is 15.4. The van der Waals surface area contributed by atoms with Crippen molar-refractivity contribution in [2.24, 2.45) is 5.92 Å². The van der Waals surface area contributed by atoms with Gasteiger partial charge >= 0.3 is 6.09 Å². The minimum atomic E-state index is -1.26. The van der Waals surface area contributed by atoms with E-state index in [0.29, 0.717) is 17.9 Å². The Balaban J connectivity index is 3.42. The summed E-state index contributed by atoms with van der Waals surface area (Å²) < 4.78 is 5.27. The van der Waals surface area contributed by atoms with E-state index in [1.165, 1.54) is 4.90 Å². The molecule has 3 N–H and O–H groups in total. The van der Waals surface area contributed by atoms with Crippen LogP contribution in [0.5, 0.6) is 0 Å². The Morgan fingerprint density at radius 2 is 1.56 bits per heavy atom. The van der Waals surface area contributed by atoms with Gasteiger partial charge in [-0.3, -0.25) is 9.59 Å². The van der Waals surface area contributed by atoms with Crippen LogP contribution in [0.25, 0.3) is 0 Å². The fraction of sp³-hybridized carbons (Fsp3) is 0.654. The fourth-order valence-corrected chi connectivity index (χ4v) is 3.56. The Morgan fingerprint density at radius 1 is 0.971 bits per heavy atom. The minimum Gasteiger partial charge on any atom is -0.444 e. The van der Waals surface area contributed by atoms with Gasteiger partial charge in [-0.25, -0.2) is 4.79 Å². The van der Waals surface area contributed by atoms with E-state index < -0.39 is 36.3 Å². The fourth-order valence-electron chi connectivity index (χ4n) is 3.56. The van der Waals surface area contributed by atoms with Crippen molar-refractivity contribution in [2.75, 3.05) is 6.61 Å². The summed E-state index contributed by atoms with van der Waals surface area (Å²) in [6.07, 6.45) is 0.700. The van der Waals surface area contributed by atoms with Crippen LogP contribution < -0.4 is 10.6 Å². The highest BCUT2D eigenvalue weighted by atomic mass is 16.6. The van der Waals surface area contributed by atoms with E-state index in [-0.39, 0.29) is 18.0 Å². The molecule has 192 valence electrons. The molecule has 0 aromatic heterocycles. The first-order chi connectivity index (χ1) is 15.8. The Morgan fingerprint density at radius 3 is 2.03 bits per heavy atom. The molecule has 0 aliphatic heterocycles. The van der Waals surface area contributed by atoms with Crippen LogP contribution in [-0.4, -0.2) is 58.2 Å². The molecule has 0 spiro atoms. The third-order valence-electron chi connectivity index (χ3n) is 5.14. The number of hydrogen-bond donors (Lipinski definition) is 3. The maximum absolute atomic E-state index is 13.8. The largest absolute Gasteiger partial charge is 0.444 e. The quantitative estimate of drug-likeness (QED) is 0.449. The lowest BCUT2D eigenvalue weighted by Crippen LogP contribution is -2.57. The number of carbonyl (C=O) groups excluding carboxylic acids is 3. The molecule has 0 bridgehead atoms. The number of carbonyl (C=O) groups is 3. The predicted octanol–water partition coefficient (Wildman–Crippen LogP) is 3.79. The first-order valence-corrected chi connectivity index (χ1v) is 12.0. The second-order valence-corrected chi connectivity index (χ2v) is 10.4. The van der Waals surface area contributed by atoms with Crippen molar-refractivity contribution in [2.45, 2.75) is 98.0 Å². The first kappa shape index (κ1) is 29.4. The maximum Gasteiger partial charge on any atom is 0.408 e. The molecule has 1 aromatic carbocycles. The van der Waals surface area contributed by atoms with Gasteiger partial charge < -0.3 is 25.4 Å². The van der Waals surface area contributed by atoms with Gasteiger partial charge in [0.25, 0.3) is 0 Å². The molecule has 8 nitrogen and oxygen atoms in total. The zero-order valence-corrected chi connectivity index (χ0v) is 21.9. The van der Waals surface area contributed by atoms with E-state index in [2.05, 4.69) is 24.5 Å². The lowest BCUT2D eigenvalue weighted by atomic mass is 9.97. The highest BCUT2D eigenvalue weighted by Crippen LogP contribution is 2.27. The molecule has 3 amide bonds. The molecular formula is C26H43N3O5. The number of nitrogens with one attached hydrogen (secondary N) is 2. The predicted molar refractivity (Wildman–Crippen MR) is 133 cm³/mol. The Hall–Kier alpha value is -2.61. The second kappa shape index (κ2) is 13.3. The number of nitrogens with zero attached hydrogens (tertiary/aromatic N) is 1. The molecular weight excluding hydrogens is 434 g/mol. The number of aliphatic hydroxyl groups is 1. The molecule has 3 unspecified atom stereocenters. The van der Waals surface area contributed by atoms with Crippen LogP contribution in [0.3, 0.4) is 0 Å². The normalized spacial score (nSPS) is 14.3. The van der Waals surface area contributed by atoms with Crippen LogP contribution in [0.1, 0.15) is 79.8 Å². The summed E-state index contributed by atoms with van der Waals surface area (Å²) in [7, 11) is 0. The summed E-state index contributed by atoms with van der Waals surface area (Å²) in [6.45, 7) is 14.3. The van der Waals surface area contributed by atoms with Gasteiger partial charge in [0, 0.05) is 12.1 Å². The molecule has 3 atom stereocenters. The van der Waals surface area contributed by atoms with Gasteiger partial charge in [0.1, 0.15) is 17.7 Å². The summed E-state index contributed by atoms with van der Waals surface area (Å²) in [4.78, 5) is 41.0. The summed E-state index contributed by atoms with van der Waals surface area (Å²) >= 11 is 0. The number of amides is 3. The van der Waals surface area contributed by atoms with Crippen molar-refractivity contribution >= 4 is 17.9 Å². The zero-order chi connectivity index (χ0) is 26.1. The van der Waals surface area contributed by atoms with Gasteiger partial charge in [0.2, 0.25) is 11.8 Å². The molecule has 1 rings (SSSR count). The van der Waals surface area contributed by atoms with Crippen molar-refractivity contribution in [1.29, 1.82) is 0 Å². The lowest BCUT2D eigenvalue weighted by molar-refractivity contribution is -0.146. The molecule has 0 heterocycles. The van der Waals surface area contributed by atoms with Gasteiger partial charge in [-0.15, -0.1) is 0 Å². The highest BCUT2D eigenvalue weighted by molar-refractivity contribution is 5.92. The molecule has 34 heavy (non-hydrogen) atoms. The molecule has 8 heteroatoms. The van der Waals surface area contributed by atoms with Gasteiger partial charge in [0.15, 0.2) is 0 Å². The highest BCUT2D eigenvalue weighted by Gasteiger charge is 2.38. The second-order valence-electron chi connectivity index (χ2n) is 10.4. The average Bonchev–Trinajstić information content (AvgIpc) is 2.72. The average molecular weight is 478 g/mol. The molecule has 0 aliphatic rings. The van der Waals surface area contributed by atoms with E-state index in [4.69, 9.17) is 4.74 Å². The van der Waals surface area contributed by atoms with Gasteiger partial charge in [0.05, 0.1) is 6.61 Å². The smallest absolute Gasteiger partial charge is 0.408 e. The molecule has 0 fully saturated rings. The van der Waals surface area contributed by atoms with Crippen molar-refractivity contribution in [1.82, 2.24) is 15.5 Å². The van der Waals surface area contributed by atoms with E-state index in [0.717, 1.165) is 6.42 Å². The number of rotatable bonds is 11. The van der Waals surface area contributed by atoms with Crippen LogP contribution in [-0.2, 0) is 14.3 Å². The van der Waals surface area contributed by atoms with E-state index in [1.54, 1.807) is 32.9 Å². The van der Waals surface area contributed by atoms with E-state index in [1.807, 2.05) is 39.0 Å². The number of benzene rings is 1. The van der Waals surface area contributed by atoms with Crippen molar-refractivity contribution < 1.29 is 24.2 Å².